The second kappa shape index (κ2) is 5.55. The molecule has 0 heterocycles. The number of Topliss-reactive ketones (excluding diaryl/α,β-unsaturated/α-hetero) is 1. The summed E-state index contributed by atoms with van der Waals surface area (Å²) in [5.41, 5.74) is 0.982. The highest BCUT2D eigenvalue weighted by atomic mass is 16.1. The minimum absolute atomic E-state index is 0.204. The minimum Gasteiger partial charge on any atom is -0.299 e. The largest absolute Gasteiger partial charge is 0.299 e. The molecule has 0 unspecified atom stereocenters. The van der Waals surface area contributed by atoms with Gasteiger partial charge in [0.05, 0.1) is 13.1 Å². The molecule has 0 aliphatic heterocycles. The Balaban J connectivity index is 2.30. The first-order valence-electron chi connectivity index (χ1n) is 4.71. The first kappa shape index (κ1) is 10.0. The van der Waals surface area contributed by atoms with Crippen molar-refractivity contribution in [2.24, 2.45) is 0 Å². The van der Waals surface area contributed by atoms with Crippen molar-refractivity contribution < 1.29 is 4.79 Å². The van der Waals surface area contributed by atoms with Crippen LogP contribution in [0, 0.1) is 12.3 Å². The average molecular weight is 177 g/mol. The third-order valence-electron chi connectivity index (χ3n) is 2.16. The Kier molecular flexibility index (Phi) is 4.28. The van der Waals surface area contributed by atoms with Gasteiger partial charge in [0, 0.05) is 0 Å². The number of allylic oxidation sites excluding steroid dienone is 1. The fraction of sp³-hybridized carbons (Fsp3) is 0.545. The van der Waals surface area contributed by atoms with E-state index in [2.05, 4.69) is 17.3 Å². The molecule has 2 heteroatoms. The first-order valence-corrected chi connectivity index (χ1v) is 4.71. The summed E-state index contributed by atoms with van der Waals surface area (Å²) >= 11 is 0. The van der Waals surface area contributed by atoms with Crippen molar-refractivity contribution in [3.8, 4) is 12.3 Å². The fourth-order valence-corrected chi connectivity index (χ4v) is 1.45. The number of rotatable bonds is 4. The highest BCUT2D eigenvalue weighted by molar-refractivity contribution is 5.96. The molecule has 0 bridgehead atoms. The van der Waals surface area contributed by atoms with Gasteiger partial charge in [-0.3, -0.25) is 10.1 Å². The summed E-state index contributed by atoms with van der Waals surface area (Å²) < 4.78 is 0. The van der Waals surface area contributed by atoms with Gasteiger partial charge in [-0.1, -0.05) is 12.0 Å². The molecule has 1 aliphatic carbocycles. The van der Waals surface area contributed by atoms with Gasteiger partial charge in [-0.05, 0) is 31.3 Å². The lowest BCUT2D eigenvalue weighted by Gasteiger charge is -2.11. The van der Waals surface area contributed by atoms with Crippen molar-refractivity contribution in [1.29, 1.82) is 0 Å². The number of carbonyl (C=O) groups excluding carboxylic acids is 1. The van der Waals surface area contributed by atoms with Crippen LogP contribution in [0.25, 0.3) is 0 Å². The van der Waals surface area contributed by atoms with E-state index in [4.69, 9.17) is 6.42 Å². The molecule has 0 aromatic rings. The van der Waals surface area contributed by atoms with Crippen molar-refractivity contribution in [2.75, 3.05) is 13.1 Å². The summed E-state index contributed by atoms with van der Waals surface area (Å²) in [6.07, 6.45) is 11.5. The molecule has 2 nitrogen and oxygen atoms in total. The van der Waals surface area contributed by atoms with Gasteiger partial charge in [-0.15, -0.1) is 6.42 Å². The van der Waals surface area contributed by atoms with Crippen LogP contribution >= 0.6 is 0 Å². The Hall–Kier alpha value is -1.07. The van der Waals surface area contributed by atoms with Crippen LogP contribution in [-0.4, -0.2) is 18.9 Å². The third kappa shape index (κ3) is 3.43. The van der Waals surface area contributed by atoms with E-state index in [0.717, 1.165) is 24.8 Å². The van der Waals surface area contributed by atoms with Crippen LogP contribution in [-0.2, 0) is 4.79 Å². The zero-order valence-electron chi connectivity index (χ0n) is 7.81. The smallest absolute Gasteiger partial charge is 0.172 e. The fourth-order valence-electron chi connectivity index (χ4n) is 1.45. The molecule has 0 saturated heterocycles. The van der Waals surface area contributed by atoms with Gasteiger partial charge in [0.25, 0.3) is 0 Å². The zero-order valence-corrected chi connectivity index (χ0v) is 7.81. The lowest BCUT2D eigenvalue weighted by molar-refractivity contribution is -0.115. The number of carbonyl (C=O) groups is 1. The van der Waals surface area contributed by atoms with Crippen LogP contribution in [0.2, 0.25) is 0 Å². The van der Waals surface area contributed by atoms with E-state index in [0.29, 0.717) is 13.1 Å². The van der Waals surface area contributed by atoms with Crippen molar-refractivity contribution >= 4 is 5.78 Å². The normalized spacial score (nSPS) is 16.1. The van der Waals surface area contributed by atoms with Crippen molar-refractivity contribution in [1.82, 2.24) is 5.32 Å². The van der Waals surface area contributed by atoms with E-state index in [1.165, 1.54) is 6.42 Å². The lowest BCUT2D eigenvalue weighted by atomic mass is 9.96. The molecular formula is C11H15NO. The van der Waals surface area contributed by atoms with E-state index in [1.807, 2.05) is 0 Å². The molecule has 0 saturated carbocycles. The third-order valence-corrected chi connectivity index (χ3v) is 2.16. The Morgan fingerprint density at radius 2 is 2.46 bits per heavy atom. The topological polar surface area (TPSA) is 29.1 Å². The molecule has 0 spiro atoms. The highest BCUT2D eigenvalue weighted by Crippen LogP contribution is 2.17. The van der Waals surface area contributed by atoms with Gasteiger partial charge < -0.3 is 0 Å². The Morgan fingerprint density at radius 1 is 1.62 bits per heavy atom. The molecule has 1 aliphatic rings. The van der Waals surface area contributed by atoms with Gasteiger partial charge in [-0.2, -0.15) is 0 Å². The summed E-state index contributed by atoms with van der Waals surface area (Å²) in [5, 5.41) is 2.91. The SMILES string of the molecule is C#CCNCC(=O)C1=CCCCC1. The maximum Gasteiger partial charge on any atom is 0.172 e. The molecule has 0 amide bonds. The summed E-state index contributed by atoms with van der Waals surface area (Å²) in [4.78, 5) is 11.5. The predicted octanol–water partition coefficient (Wildman–Crippen LogP) is 1.28. The molecule has 70 valence electrons. The van der Waals surface area contributed by atoms with Crippen LogP contribution in [0.4, 0.5) is 0 Å². The van der Waals surface area contributed by atoms with E-state index in [-0.39, 0.29) is 5.78 Å². The van der Waals surface area contributed by atoms with Gasteiger partial charge in [-0.25, -0.2) is 0 Å². The number of ketones is 1. The summed E-state index contributed by atoms with van der Waals surface area (Å²) in [5.74, 6) is 2.65. The van der Waals surface area contributed by atoms with Gasteiger partial charge >= 0.3 is 0 Å². The maximum atomic E-state index is 11.5. The van der Waals surface area contributed by atoms with E-state index < -0.39 is 0 Å². The van der Waals surface area contributed by atoms with Crippen molar-refractivity contribution in [3.63, 3.8) is 0 Å². The molecule has 13 heavy (non-hydrogen) atoms. The lowest BCUT2D eigenvalue weighted by Crippen LogP contribution is -2.24. The van der Waals surface area contributed by atoms with E-state index in [9.17, 15) is 4.79 Å². The van der Waals surface area contributed by atoms with E-state index >= 15 is 0 Å². The second-order valence-corrected chi connectivity index (χ2v) is 3.21. The average Bonchev–Trinajstić information content (AvgIpc) is 2.19. The standard InChI is InChI=1S/C11H15NO/c1-2-8-12-9-11(13)10-6-4-3-5-7-10/h1,6,12H,3-5,7-9H2. The van der Waals surface area contributed by atoms with Crippen LogP contribution in [0.5, 0.6) is 0 Å². The Morgan fingerprint density at radius 3 is 3.08 bits per heavy atom. The zero-order chi connectivity index (χ0) is 9.52. The van der Waals surface area contributed by atoms with Crippen LogP contribution < -0.4 is 5.32 Å². The number of hydrogen-bond acceptors (Lipinski definition) is 2. The number of nitrogens with one attached hydrogen (secondary N) is 1. The van der Waals surface area contributed by atoms with E-state index in [1.54, 1.807) is 0 Å². The quantitative estimate of drug-likeness (QED) is 0.517. The van der Waals surface area contributed by atoms with Gasteiger partial charge in [0.1, 0.15) is 0 Å². The molecule has 0 atom stereocenters. The van der Waals surface area contributed by atoms with Crippen LogP contribution in [0.1, 0.15) is 25.7 Å². The Labute approximate surface area is 79.4 Å². The molecule has 0 aromatic carbocycles. The van der Waals surface area contributed by atoms with Crippen molar-refractivity contribution in [3.05, 3.63) is 11.6 Å². The number of terminal acetylenes is 1. The monoisotopic (exact) mass is 177 g/mol. The summed E-state index contributed by atoms with van der Waals surface area (Å²) in [7, 11) is 0. The van der Waals surface area contributed by atoms with Gasteiger partial charge in [0.15, 0.2) is 5.78 Å². The van der Waals surface area contributed by atoms with Crippen LogP contribution in [0.3, 0.4) is 0 Å². The molecule has 0 fully saturated rings. The summed E-state index contributed by atoms with van der Waals surface area (Å²) in [6.45, 7) is 0.856. The maximum absolute atomic E-state index is 11.5. The highest BCUT2D eigenvalue weighted by Gasteiger charge is 2.10. The van der Waals surface area contributed by atoms with Crippen molar-refractivity contribution in [2.45, 2.75) is 25.7 Å². The first-order chi connectivity index (χ1) is 6.34. The summed E-state index contributed by atoms with van der Waals surface area (Å²) in [6, 6.07) is 0. The second-order valence-electron chi connectivity index (χ2n) is 3.21. The number of hydrogen-bond donors (Lipinski definition) is 1. The van der Waals surface area contributed by atoms with Crippen LogP contribution in [0.15, 0.2) is 11.6 Å². The van der Waals surface area contributed by atoms with Gasteiger partial charge in [0.2, 0.25) is 0 Å². The molecule has 1 N–H and O–H groups in total. The molecule has 0 aromatic heterocycles. The minimum atomic E-state index is 0.204. The molecular weight excluding hydrogens is 162 g/mol. The Bertz CT molecular complexity index is 247. The molecule has 0 radical (unpaired) electrons. The molecule has 1 rings (SSSR count). The predicted molar refractivity (Wildman–Crippen MR) is 53.3 cm³/mol.